The zero-order valence-electron chi connectivity index (χ0n) is 8.11. The van der Waals surface area contributed by atoms with Gasteiger partial charge in [0.15, 0.2) is 5.78 Å². The van der Waals surface area contributed by atoms with E-state index in [9.17, 15) is 4.79 Å². The predicted molar refractivity (Wildman–Crippen MR) is 52.0 cm³/mol. The molecule has 1 aromatic heterocycles. The highest BCUT2D eigenvalue weighted by Crippen LogP contribution is 2.56. The van der Waals surface area contributed by atoms with Crippen molar-refractivity contribution >= 4 is 5.78 Å². The highest BCUT2D eigenvalue weighted by molar-refractivity contribution is 5.99. The first-order valence-corrected chi connectivity index (χ1v) is 5.44. The van der Waals surface area contributed by atoms with Crippen molar-refractivity contribution in [1.29, 1.82) is 0 Å². The molecule has 2 aliphatic carbocycles. The lowest BCUT2D eigenvalue weighted by Crippen LogP contribution is -2.02. The van der Waals surface area contributed by atoms with Gasteiger partial charge in [-0.05, 0) is 30.7 Å². The molecular weight excluding hydrogens is 176 g/mol. The topological polar surface area (TPSA) is 30.2 Å². The van der Waals surface area contributed by atoms with Crippen molar-refractivity contribution in [3.05, 3.63) is 24.2 Å². The summed E-state index contributed by atoms with van der Waals surface area (Å²) in [5.74, 6) is 2.04. The zero-order valence-corrected chi connectivity index (χ0v) is 8.11. The first-order valence-electron chi connectivity index (χ1n) is 5.44. The van der Waals surface area contributed by atoms with E-state index in [4.69, 9.17) is 4.42 Å². The molecule has 2 fully saturated rings. The Morgan fingerprint density at radius 2 is 2.00 bits per heavy atom. The number of Topliss-reactive ketones (excluding diaryl/α,β-unsaturated/α-hetero) is 1. The van der Waals surface area contributed by atoms with E-state index in [1.54, 1.807) is 18.6 Å². The summed E-state index contributed by atoms with van der Waals surface area (Å²) in [5, 5.41) is 0. The molecular formula is C12H14O2. The molecule has 2 unspecified atom stereocenters. The molecule has 74 valence electrons. The molecule has 0 saturated heterocycles. The largest absolute Gasteiger partial charge is 0.472 e. The molecule has 0 radical (unpaired) electrons. The molecule has 0 aliphatic heterocycles. The van der Waals surface area contributed by atoms with Crippen LogP contribution in [0.3, 0.4) is 0 Å². The Kier molecular flexibility index (Phi) is 1.76. The normalized spacial score (nSPS) is 35.0. The van der Waals surface area contributed by atoms with Crippen LogP contribution in [0.15, 0.2) is 23.0 Å². The van der Waals surface area contributed by atoms with Gasteiger partial charge in [-0.25, -0.2) is 0 Å². The molecule has 14 heavy (non-hydrogen) atoms. The molecule has 1 heterocycles. The van der Waals surface area contributed by atoms with Crippen molar-refractivity contribution in [3.8, 4) is 0 Å². The monoisotopic (exact) mass is 190 g/mol. The summed E-state index contributed by atoms with van der Waals surface area (Å²) in [7, 11) is 0. The zero-order chi connectivity index (χ0) is 9.54. The van der Waals surface area contributed by atoms with E-state index in [2.05, 4.69) is 0 Å². The third-order valence-electron chi connectivity index (χ3n) is 3.76. The molecule has 1 aromatic rings. The maximum atomic E-state index is 12.0. The van der Waals surface area contributed by atoms with Crippen molar-refractivity contribution in [2.24, 2.45) is 17.8 Å². The Balaban J connectivity index is 1.76. The molecule has 2 saturated carbocycles. The van der Waals surface area contributed by atoms with Gasteiger partial charge in [-0.1, -0.05) is 12.8 Å². The molecule has 0 amide bonds. The minimum absolute atomic E-state index is 0.315. The molecule has 0 spiro atoms. The van der Waals surface area contributed by atoms with Crippen molar-refractivity contribution < 1.29 is 9.21 Å². The number of fused-ring (bicyclic) bond motifs is 1. The maximum Gasteiger partial charge on any atom is 0.169 e. The fourth-order valence-electron chi connectivity index (χ4n) is 2.98. The highest BCUT2D eigenvalue weighted by atomic mass is 16.3. The molecule has 0 aromatic carbocycles. The molecule has 3 rings (SSSR count). The van der Waals surface area contributed by atoms with Crippen LogP contribution >= 0.6 is 0 Å². The summed E-state index contributed by atoms with van der Waals surface area (Å²) in [5.41, 5.74) is 0.768. The Labute approximate surface area is 83.3 Å². The van der Waals surface area contributed by atoms with Crippen LogP contribution < -0.4 is 0 Å². The first-order chi connectivity index (χ1) is 6.88. The number of hydrogen-bond acceptors (Lipinski definition) is 2. The van der Waals surface area contributed by atoms with E-state index < -0.39 is 0 Å². The lowest BCUT2D eigenvalue weighted by Gasteiger charge is -2.04. The standard InChI is InChI=1S/C12H14O2/c13-12(8-5-6-14-7-8)11-9-3-1-2-4-10(9)11/h5-7,9-11H,1-4H2. The van der Waals surface area contributed by atoms with Crippen LogP contribution in [0.25, 0.3) is 0 Å². The number of hydrogen-bond donors (Lipinski definition) is 0. The van der Waals surface area contributed by atoms with Crippen molar-refractivity contribution in [2.45, 2.75) is 25.7 Å². The SMILES string of the molecule is O=C(c1ccoc1)C1C2CCCCC21. The van der Waals surface area contributed by atoms with Crippen LogP contribution in [0, 0.1) is 17.8 Å². The smallest absolute Gasteiger partial charge is 0.169 e. The van der Waals surface area contributed by atoms with Crippen LogP contribution in [0.1, 0.15) is 36.0 Å². The lowest BCUT2D eigenvalue weighted by molar-refractivity contribution is 0.0955. The Morgan fingerprint density at radius 1 is 1.29 bits per heavy atom. The van der Waals surface area contributed by atoms with Crippen molar-refractivity contribution in [3.63, 3.8) is 0 Å². The van der Waals surface area contributed by atoms with Gasteiger partial charge < -0.3 is 4.42 Å². The van der Waals surface area contributed by atoms with Crippen molar-refractivity contribution in [2.75, 3.05) is 0 Å². The van der Waals surface area contributed by atoms with Gasteiger partial charge in [-0.3, -0.25) is 4.79 Å². The molecule has 0 N–H and O–H groups in total. The average molecular weight is 190 g/mol. The summed E-state index contributed by atoms with van der Waals surface area (Å²) in [4.78, 5) is 12.0. The number of furan rings is 1. The first kappa shape index (κ1) is 8.27. The third kappa shape index (κ3) is 1.13. The minimum Gasteiger partial charge on any atom is -0.472 e. The van der Waals surface area contributed by atoms with Gasteiger partial charge in [0, 0.05) is 5.92 Å². The van der Waals surface area contributed by atoms with Gasteiger partial charge in [0.25, 0.3) is 0 Å². The summed E-state index contributed by atoms with van der Waals surface area (Å²) >= 11 is 0. The fourth-order valence-corrected chi connectivity index (χ4v) is 2.98. The molecule has 0 bridgehead atoms. The number of ketones is 1. The number of rotatable bonds is 2. The molecule has 2 atom stereocenters. The third-order valence-corrected chi connectivity index (χ3v) is 3.76. The van der Waals surface area contributed by atoms with E-state index in [-0.39, 0.29) is 0 Å². The number of carbonyl (C=O) groups is 1. The Morgan fingerprint density at radius 3 is 2.57 bits per heavy atom. The minimum atomic E-state index is 0.315. The van der Waals surface area contributed by atoms with Gasteiger partial charge in [0.05, 0.1) is 11.8 Å². The second-order valence-corrected chi connectivity index (χ2v) is 4.51. The van der Waals surface area contributed by atoms with E-state index in [1.165, 1.54) is 25.7 Å². The molecule has 2 nitrogen and oxygen atoms in total. The van der Waals surface area contributed by atoms with Crippen LogP contribution in [0.2, 0.25) is 0 Å². The lowest BCUT2D eigenvalue weighted by atomic mass is 10.0. The summed E-state index contributed by atoms with van der Waals surface area (Å²) < 4.78 is 4.95. The Bertz CT molecular complexity index is 327. The molecule has 2 heteroatoms. The van der Waals surface area contributed by atoms with Gasteiger partial charge in [-0.2, -0.15) is 0 Å². The van der Waals surface area contributed by atoms with E-state index >= 15 is 0 Å². The van der Waals surface area contributed by atoms with Gasteiger partial charge >= 0.3 is 0 Å². The van der Waals surface area contributed by atoms with E-state index in [1.807, 2.05) is 0 Å². The summed E-state index contributed by atoms with van der Waals surface area (Å²) in [6, 6.07) is 1.78. The number of carbonyl (C=O) groups excluding carboxylic acids is 1. The quantitative estimate of drug-likeness (QED) is 0.671. The van der Waals surface area contributed by atoms with Gasteiger partial charge in [0.1, 0.15) is 6.26 Å². The summed E-state index contributed by atoms with van der Waals surface area (Å²) in [6.07, 6.45) is 8.32. The molecule has 2 aliphatic rings. The Hall–Kier alpha value is -1.05. The van der Waals surface area contributed by atoms with Crippen LogP contribution in [0.4, 0.5) is 0 Å². The second kappa shape index (κ2) is 2.97. The van der Waals surface area contributed by atoms with Crippen LogP contribution in [-0.2, 0) is 0 Å². The van der Waals surface area contributed by atoms with Crippen LogP contribution in [-0.4, -0.2) is 5.78 Å². The van der Waals surface area contributed by atoms with Gasteiger partial charge in [0.2, 0.25) is 0 Å². The fraction of sp³-hybridized carbons (Fsp3) is 0.583. The van der Waals surface area contributed by atoms with E-state index in [0.717, 1.165) is 5.56 Å². The second-order valence-electron chi connectivity index (χ2n) is 4.51. The average Bonchev–Trinajstić information content (AvgIpc) is 2.70. The predicted octanol–water partition coefficient (Wildman–Crippen LogP) is 2.90. The maximum absolute atomic E-state index is 12.0. The van der Waals surface area contributed by atoms with Crippen molar-refractivity contribution in [1.82, 2.24) is 0 Å². The summed E-state index contributed by atoms with van der Waals surface area (Å²) in [6.45, 7) is 0. The highest BCUT2D eigenvalue weighted by Gasteiger charge is 2.54. The van der Waals surface area contributed by atoms with Gasteiger partial charge in [-0.15, -0.1) is 0 Å². The van der Waals surface area contributed by atoms with Crippen LogP contribution in [0.5, 0.6) is 0 Å². The van der Waals surface area contributed by atoms with E-state index in [0.29, 0.717) is 23.5 Å².